The monoisotopic (exact) mass is 406 g/mol. The molecule has 1 aromatic rings. The van der Waals surface area contributed by atoms with Crippen molar-refractivity contribution in [2.75, 3.05) is 31.5 Å². The van der Waals surface area contributed by atoms with Crippen LogP contribution in [0.3, 0.4) is 0 Å². The number of thioether (sulfide) groups is 1. The second kappa shape index (κ2) is 7.65. The van der Waals surface area contributed by atoms with Gasteiger partial charge in [0.05, 0.1) is 17.9 Å². The van der Waals surface area contributed by atoms with Crippen molar-refractivity contribution in [3.8, 4) is 0 Å². The lowest BCUT2D eigenvalue weighted by atomic mass is 10.2. The Morgan fingerprint density at radius 2 is 1.85 bits per heavy atom. The fraction of sp³-hybridized carbons (Fsp3) is 0.444. The van der Waals surface area contributed by atoms with Gasteiger partial charge >= 0.3 is 0 Å². The van der Waals surface area contributed by atoms with Gasteiger partial charge < -0.3 is 10.2 Å². The molecule has 1 saturated heterocycles. The van der Waals surface area contributed by atoms with E-state index in [4.69, 9.17) is 0 Å². The van der Waals surface area contributed by atoms with Crippen LogP contribution in [0.2, 0.25) is 0 Å². The number of nitrogens with one attached hydrogen (secondary N) is 1. The molecule has 0 radical (unpaired) electrons. The molecule has 3 heterocycles. The summed E-state index contributed by atoms with van der Waals surface area (Å²) in [6.07, 6.45) is 3.17. The van der Waals surface area contributed by atoms with Gasteiger partial charge in [0.2, 0.25) is 15.9 Å². The molecule has 0 aliphatic carbocycles. The molecule has 0 aromatic heterocycles. The number of anilines is 1. The van der Waals surface area contributed by atoms with Crippen LogP contribution in [0.5, 0.6) is 0 Å². The van der Waals surface area contributed by atoms with Crippen molar-refractivity contribution in [3.63, 3.8) is 0 Å². The minimum absolute atomic E-state index is 0.123. The highest BCUT2D eigenvalue weighted by Gasteiger charge is 2.28. The van der Waals surface area contributed by atoms with Gasteiger partial charge in [-0.25, -0.2) is 8.42 Å². The van der Waals surface area contributed by atoms with E-state index in [1.165, 1.54) is 0 Å². The number of piperidine rings is 1. The topological polar surface area (TPSA) is 82.1 Å². The first kappa shape index (κ1) is 18.5. The van der Waals surface area contributed by atoms with Crippen LogP contribution in [0.15, 0.2) is 45.3 Å². The Morgan fingerprint density at radius 3 is 2.59 bits per heavy atom. The van der Waals surface area contributed by atoms with Gasteiger partial charge in [-0.2, -0.15) is 4.31 Å². The zero-order chi connectivity index (χ0) is 18.9. The van der Waals surface area contributed by atoms with Crippen molar-refractivity contribution < 1.29 is 13.2 Å². The van der Waals surface area contributed by atoms with Gasteiger partial charge in [-0.05, 0) is 42.5 Å². The summed E-state index contributed by atoms with van der Waals surface area (Å²) < 4.78 is 26.9. The third kappa shape index (κ3) is 3.90. The van der Waals surface area contributed by atoms with Gasteiger partial charge in [-0.15, -0.1) is 0 Å². The van der Waals surface area contributed by atoms with Crippen LogP contribution in [0, 0.1) is 0 Å². The zero-order valence-corrected chi connectivity index (χ0v) is 16.6. The molecule has 1 fully saturated rings. The van der Waals surface area contributed by atoms with Gasteiger partial charge in [-0.1, -0.05) is 18.2 Å². The number of benzene rings is 1. The smallest absolute Gasteiger partial charge is 0.243 e. The lowest BCUT2D eigenvalue weighted by molar-refractivity contribution is -0.115. The fourth-order valence-corrected chi connectivity index (χ4v) is 5.92. The number of nitrogens with zero attached hydrogens (tertiary/aromatic N) is 3. The van der Waals surface area contributed by atoms with E-state index < -0.39 is 10.0 Å². The molecular weight excluding hydrogens is 384 g/mol. The van der Waals surface area contributed by atoms with Crippen molar-refractivity contribution >= 4 is 38.5 Å². The first-order chi connectivity index (χ1) is 13.0. The summed E-state index contributed by atoms with van der Waals surface area (Å²) >= 11 is 1.55. The Bertz CT molecular complexity index is 888. The fourth-order valence-electron chi connectivity index (χ4n) is 3.45. The first-order valence-corrected chi connectivity index (χ1v) is 11.4. The highest BCUT2D eigenvalue weighted by Crippen LogP contribution is 2.31. The number of hydrogen-bond donors (Lipinski definition) is 1. The van der Waals surface area contributed by atoms with Crippen molar-refractivity contribution in [1.82, 2.24) is 9.21 Å². The Hall–Kier alpha value is -1.84. The van der Waals surface area contributed by atoms with Crippen LogP contribution in [0.1, 0.15) is 25.7 Å². The summed E-state index contributed by atoms with van der Waals surface area (Å²) in [5.74, 6) is -0.123. The molecule has 3 aliphatic heterocycles. The molecule has 1 amide bonds. The summed E-state index contributed by atoms with van der Waals surface area (Å²) in [6, 6.07) is 6.43. The number of sulfonamides is 1. The molecule has 1 aromatic carbocycles. The van der Waals surface area contributed by atoms with E-state index in [2.05, 4.69) is 15.2 Å². The van der Waals surface area contributed by atoms with E-state index >= 15 is 0 Å². The second-order valence-corrected chi connectivity index (χ2v) is 9.53. The van der Waals surface area contributed by atoms with Crippen LogP contribution < -0.4 is 5.32 Å². The summed E-state index contributed by atoms with van der Waals surface area (Å²) in [5, 5.41) is 5.77. The second-order valence-electron chi connectivity index (χ2n) is 6.76. The van der Waals surface area contributed by atoms with E-state index in [1.807, 2.05) is 5.41 Å². The number of amides is 1. The maximum atomic E-state index is 12.7. The van der Waals surface area contributed by atoms with Gasteiger partial charge in [0.25, 0.3) is 0 Å². The molecule has 0 atom stereocenters. The van der Waals surface area contributed by atoms with Crippen LogP contribution >= 0.6 is 11.8 Å². The van der Waals surface area contributed by atoms with Crippen molar-refractivity contribution in [2.24, 2.45) is 4.99 Å². The number of hydrogen-bond acceptors (Lipinski definition) is 6. The molecule has 27 heavy (non-hydrogen) atoms. The minimum atomic E-state index is -3.45. The van der Waals surface area contributed by atoms with Crippen molar-refractivity contribution in [3.05, 3.63) is 35.4 Å². The summed E-state index contributed by atoms with van der Waals surface area (Å²) in [7, 11) is -3.45. The Morgan fingerprint density at radius 1 is 1.11 bits per heavy atom. The molecule has 4 rings (SSSR count). The maximum absolute atomic E-state index is 12.7. The third-order valence-corrected chi connectivity index (χ3v) is 7.74. The van der Waals surface area contributed by atoms with E-state index in [1.54, 1.807) is 40.3 Å². The van der Waals surface area contributed by atoms with Gasteiger partial charge in [-0.3, -0.25) is 9.79 Å². The molecule has 3 aliphatic rings. The molecule has 144 valence electrons. The van der Waals surface area contributed by atoms with Crippen LogP contribution in [-0.4, -0.2) is 54.9 Å². The Labute approximate surface area is 163 Å². The number of carbonyl (C=O) groups is 1. The van der Waals surface area contributed by atoms with Crippen LogP contribution in [0.4, 0.5) is 5.69 Å². The molecule has 0 saturated carbocycles. The number of amidine groups is 1. The molecule has 9 heteroatoms. The molecular formula is C18H22N4O3S2. The van der Waals surface area contributed by atoms with Gasteiger partial charge in [0.1, 0.15) is 0 Å². The van der Waals surface area contributed by atoms with E-state index in [-0.39, 0.29) is 17.2 Å². The minimum Gasteiger partial charge on any atom is -0.326 e. The quantitative estimate of drug-likeness (QED) is 0.812. The molecule has 7 nitrogen and oxygen atoms in total. The predicted octanol–water partition coefficient (Wildman–Crippen LogP) is 2.45. The summed E-state index contributed by atoms with van der Waals surface area (Å²) in [6.45, 7) is 2.75. The predicted molar refractivity (Wildman–Crippen MR) is 107 cm³/mol. The molecule has 0 unspecified atom stereocenters. The SMILES string of the molecule is O=C(CC1=CSC2=NCCN12)Nc1ccc(S(=O)(=O)N2CCCCC2)cc1. The average molecular weight is 407 g/mol. The lowest BCUT2D eigenvalue weighted by Crippen LogP contribution is -2.35. The maximum Gasteiger partial charge on any atom is 0.243 e. The first-order valence-electron chi connectivity index (χ1n) is 9.12. The Balaban J connectivity index is 1.37. The number of aliphatic imine (C=N–C) groups is 1. The standard InChI is InChI=1S/C18H22N4O3S2/c23-17(12-15-13-26-18-19-8-11-22(15)18)20-14-4-6-16(7-5-14)27(24,25)21-9-2-1-3-10-21/h4-7,13H,1-3,8-12H2,(H,20,23). The number of rotatable bonds is 5. The molecule has 0 bridgehead atoms. The third-order valence-electron chi connectivity index (χ3n) is 4.88. The normalized spacial score (nSPS) is 20.2. The van der Waals surface area contributed by atoms with E-state index in [0.717, 1.165) is 43.2 Å². The zero-order valence-electron chi connectivity index (χ0n) is 14.9. The number of carbonyl (C=O) groups excluding carboxylic acids is 1. The van der Waals surface area contributed by atoms with Gasteiger partial charge in [0, 0.05) is 31.0 Å². The number of fused-ring (bicyclic) bond motifs is 1. The molecule has 0 spiro atoms. The van der Waals surface area contributed by atoms with E-state index in [0.29, 0.717) is 18.8 Å². The molecule has 1 N–H and O–H groups in total. The largest absolute Gasteiger partial charge is 0.326 e. The highest BCUT2D eigenvalue weighted by atomic mass is 32.2. The lowest BCUT2D eigenvalue weighted by Gasteiger charge is -2.25. The van der Waals surface area contributed by atoms with Crippen LogP contribution in [0.25, 0.3) is 0 Å². The summed E-state index contributed by atoms with van der Waals surface area (Å²) in [4.78, 5) is 19.0. The Kier molecular flexibility index (Phi) is 5.25. The van der Waals surface area contributed by atoms with Crippen molar-refractivity contribution in [2.45, 2.75) is 30.6 Å². The van der Waals surface area contributed by atoms with Gasteiger partial charge in [0.15, 0.2) is 5.17 Å². The summed E-state index contributed by atoms with van der Waals surface area (Å²) in [5.41, 5.74) is 1.55. The van der Waals surface area contributed by atoms with Crippen molar-refractivity contribution in [1.29, 1.82) is 0 Å². The van der Waals surface area contributed by atoms with E-state index in [9.17, 15) is 13.2 Å². The van der Waals surface area contributed by atoms with Crippen LogP contribution in [-0.2, 0) is 14.8 Å². The average Bonchev–Trinajstić information content (AvgIpc) is 3.28. The highest BCUT2D eigenvalue weighted by molar-refractivity contribution is 8.16.